The van der Waals surface area contributed by atoms with Crippen LogP contribution in [0.2, 0.25) is 0 Å². The van der Waals surface area contributed by atoms with Gasteiger partial charge >= 0.3 is 5.97 Å². The van der Waals surface area contributed by atoms with E-state index in [4.69, 9.17) is 9.47 Å². The molecule has 3 aromatic carbocycles. The number of carbonyl (C=O) groups excluding carboxylic acids is 2. The van der Waals surface area contributed by atoms with Crippen LogP contribution in [0.3, 0.4) is 0 Å². The number of hydrogen-bond donors (Lipinski definition) is 0. The lowest BCUT2D eigenvalue weighted by atomic mass is 10.1. The summed E-state index contributed by atoms with van der Waals surface area (Å²) in [5.74, 6) is 0.154. The van der Waals surface area contributed by atoms with Crippen LogP contribution in [0.15, 0.2) is 77.3 Å². The average molecular weight is 451 g/mol. The summed E-state index contributed by atoms with van der Waals surface area (Å²) in [5.41, 5.74) is 2.87. The molecule has 0 amide bonds. The minimum Gasteiger partial charge on any atom is -0.493 e. The Morgan fingerprint density at radius 2 is 1.52 bits per heavy atom. The molecule has 0 aliphatic heterocycles. The Balaban J connectivity index is 1.74. The first-order valence-electron chi connectivity index (χ1n) is 8.91. The molecule has 0 radical (unpaired) electrons. The average Bonchev–Trinajstić information content (AvgIpc) is 2.73. The van der Waals surface area contributed by atoms with E-state index in [1.54, 1.807) is 48.5 Å². The molecule has 3 aromatic rings. The van der Waals surface area contributed by atoms with Gasteiger partial charge in [0.2, 0.25) is 0 Å². The highest BCUT2D eigenvalue weighted by Crippen LogP contribution is 2.29. The lowest BCUT2D eigenvalue weighted by Gasteiger charge is -2.10. The first-order chi connectivity index (χ1) is 14.0. The molecule has 0 aliphatic rings. The predicted molar refractivity (Wildman–Crippen MR) is 117 cm³/mol. The van der Waals surface area contributed by atoms with Crippen molar-refractivity contribution in [2.75, 3.05) is 7.11 Å². The predicted octanol–water partition coefficient (Wildman–Crippen LogP) is 5.88. The fourth-order valence-corrected chi connectivity index (χ4v) is 2.87. The van der Waals surface area contributed by atoms with Gasteiger partial charge in [-0.1, -0.05) is 45.8 Å². The van der Waals surface area contributed by atoms with Crippen LogP contribution < -0.4 is 9.47 Å². The third-order valence-electron chi connectivity index (χ3n) is 4.23. The van der Waals surface area contributed by atoms with E-state index in [-0.39, 0.29) is 5.78 Å². The molecular formula is C24H19BrO4. The minimum atomic E-state index is -0.461. The van der Waals surface area contributed by atoms with Crippen LogP contribution in [0.4, 0.5) is 0 Å². The van der Waals surface area contributed by atoms with Crippen LogP contribution in [0.1, 0.15) is 31.8 Å². The minimum absolute atomic E-state index is 0.105. The SMILES string of the molecule is COc1cc(/C=C/C(=O)c2ccc(Br)cc2)ccc1OC(=O)c1ccc(C)cc1. The number of benzene rings is 3. The molecule has 5 heteroatoms. The normalized spacial score (nSPS) is 10.7. The second-order valence-electron chi connectivity index (χ2n) is 6.37. The standard InChI is InChI=1S/C24H19BrO4/c1-16-3-7-19(8-4-16)24(27)29-22-14-6-17(15-23(22)28-2)5-13-21(26)18-9-11-20(25)12-10-18/h3-15H,1-2H3/b13-5+. The van der Waals surface area contributed by atoms with E-state index in [2.05, 4.69) is 15.9 Å². The van der Waals surface area contributed by atoms with E-state index in [9.17, 15) is 9.59 Å². The van der Waals surface area contributed by atoms with Crippen molar-refractivity contribution in [3.8, 4) is 11.5 Å². The molecule has 0 fully saturated rings. The van der Waals surface area contributed by atoms with Crippen molar-refractivity contribution in [3.63, 3.8) is 0 Å². The molecule has 146 valence electrons. The van der Waals surface area contributed by atoms with Gasteiger partial charge in [-0.15, -0.1) is 0 Å². The first-order valence-corrected chi connectivity index (χ1v) is 9.70. The van der Waals surface area contributed by atoms with E-state index in [0.29, 0.717) is 22.6 Å². The summed E-state index contributed by atoms with van der Waals surface area (Å²) in [6.45, 7) is 1.95. The van der Waals surface area contributed by atoms with Crippen LogP contribution in [0.5, 0.6) is 11.5 Å². The zero-order valence-corrected chi connectivity index (χ0v) is 17.6. The maximum absolute atomic E-state index is 12.3. The summed E-state index contributed by atoms with van der Waals surface area (Å²) in [6.07, 6.45) is 3.19. The summed E-state index contributed by atoms with van der Waals surface area (Å²) in [6, 6.07) is 19.4. The number of ketones is 1. The number of hydrogen-bond acceptors (Lipinski definition) is 4. The zero-order chi connectivity index (χ0) is 20.8. The summed E-state index contributed by atoms with van der Waals surface area (Å²) < 4.78 is 11.7. The molecule has 0 aliphatic carbocycles. The van der Waals surface area contributed by atoms with Gasteiger partial charge in [-0.25, -0.2) is 4.79 Å². The van der Waals surface area contributed by atoms with Gasteiger partial charge in [0.15, 0.2) is 17.3 Å². The maximum atomic E-state index is 12.3. The van der Waals surface area contributed by atoms with Crippen LogP contribution in [0.25, 0.3) is 6.08 Å². The lowest BCUT2D eigenvalue weighted by molar-refractivity contribution is 0.0729. The topological polar surface area (TPSA) is 52.6 Å². The lowest BCUT2D eigenvalue weighted by Crippen LogP contribution is -2.09. The molecule has 4 nitrogen and oxygen atoms in total. The van der Waals surface area contributed by atoms with Crippen molar-refractivity contribution in [2.45, 2.75) is 6.92 Å². The van der Waals surface area contributed by atoms with Crippen molar-refractivity contribution < 1.29 is 19.1 Å². The second kappa shape index (κ2) is 9.34. The van der Waals surface area contributed by atoms with E-state index in [1.807, 2.05) is 31.2 Å². The van der Waals surface area contributed by atoms with Crippen molar-refractivity contribution >= 4 is 33.8 Å². The largest absolute Gasteiger partial charge is 0.493 e. The maximum Gasteiger partial charge on any atom is 0.343 e. The van der Waals surface area contributed by atoms with Crippen LogP contribution in [0, 0.1) is 6.92 Å². The molecule has 0 atom stereocenters. The highest BCUT2D eigenvalue weighted by molar-refractivity contribution is 9.10. The number of ether oxygens (including phenoxy) is 2. The highest BCUT2D eigenvalue weighted by Gasteiger charge is 2.12. The molecule has 3 rings (SSSR count). The number of rotatable bonds is 6. The van der Waals surface area contributed by atoms with Gasteiger partial charge in [0, 0.05) is 10.0 Å². The summed E-state index contributed by atoms with van der Waals surface area (Å²) in [5, 5.41) is 0. The molecular weight excluding hydrogens is 432 g/mol. The van der Waals surface area contributed by atoms with Gasteiger partial charge in [-0.3, -0.25) is 4.79 Å². The third kappa shape index (κ3) is 5.42. The molecule has 0 unspecified atom stereocenters. The number of methoxy groups -OCH3 is 1. The third-order valence-corrected chi connectivity index (χ3v) is 4.76. The Morgan fingerprint density at radius 3 is 2.17 bits per heavy atom. The summed E-state index contributed by atoms with van der Waals surface area (Å²) >= 11 is 3.35. The molecule has 0 N–H and O–H groups in total. The molecule has 0 heterocycles. The van der Waals surface area contributed by atoms with Crippen LogP contribution in [-0.4, -0.2) is 18.9 Å². The van der Waals surface area contributed by atoms with Crippen molar-refractivity contribution in [1.29, 1.82) is 0 Å². The fraction of sp³-hybridized carbons (Fsp3) is 0.0833. The second-order valence-corrected chi connectivity index (χ2v) is 7.29. The number of aryl methyl sites for hydroxylation is 1. The van der Waals surface area contributed by atoms with Crippen molar-refractivity contribution in [3.05, 3.63) is 99.5 Å². The summed E-state index contributed by atoms with van der Waals surface area (Å²) in [4.78, 5) is 24.6. The van der Waals surface area contributed by atoms with E-state index in [1.165, 1.54) is 13.2 Å². The Labute approximate surface area is 177 Å². The van der Waals surface area contributed by atoms with Gasteiger partial charge in [-0.2, -0.15) is 0 Å². The molecule has 0 spiro atoms. The Morgan fingerprint density at radius 1 is 0.862 bits per heavy atom. The smallest absolute Gasteiger partial charge is 0.343 e. The molecule has 0 aromatic heterocycles. The van der Waals surface area contributed by atoms with Gasteiger partial charge in [0.25, 0.3) is 0 Å². The number of halogens is 1. The highest BCUT2D eigenvalue weighted by atomic mass is 79.9. The number of allylic oxidation sites excluding steroid dienone is 1. The van der Waals surface area contributed by atoms with Crippen molar-refractivity contribution in [2.24, 2.45) is 0 Å². The molecule has 0 saturated carbocycles. The first kappa shape index (κ1) is 20.6. The zero-order valence-electron chi connectivity index (χ0n) is 16.0. The van der Waals surface area contributed by atoms with E-state index < -0.39 is 5.97 Å². The Bertz CT molecular complexity index is 1050. The Kier molecular flexibility index (Phi) is 6.62. The van der Waals surface area contributed by atoms with Crippen LogP contribution >= 0.6 is 15.9 Å². The van der Waals surface area contributed by atoms with Gasteiger partial charge < -0.3 is 9.47 Å². The Hall–Kier alpha value is -3.18. The summed E-state index contributed by atoms with van der Waals surface area (Å²) in [7, 11) is 1.50. The van der Waals surface area contributed by atoms with Gasteiger partial charge in [0.05, 0.1) is 12.7 Å². The molecule has 0 bridgehead atoms. The van der Waals surface area contributed by atoms with Crippen LogP contribution in [-0.2, 0) is 0 Å². The number of esters is 1. The monoisotopic (exact) mass is 450 g/mol. The van der Waals surface area contributed by atoms with E-state index in [0.717, 1.165) is 15.6 Å². The fourth-order valence-electron chi connectivity index (χ4n) is 2.60. The van der Waals surface area contributed by atoms with Gasteiger partial charge in [-0.05, 0) is 67.1 Å². The van der Waals surface area contributed by atoms with E-state index >= 15 is 0 Å². The quantitative estimate of drug-likeness (QED) is 0.203. The van der Waals surface area contributed by atoms with Crippen molar-refractivity contribution in [1.82, 2.24) is 0 Å². The molecule has 29 heavy (non-hydrogen) atoms. The van der Waals surface area contributed by atoms with Gasteiger partial charge in [0.1, 0.15) is 0 Å². The molecule has 0 saturated heterocycles. The number of carbonyl (C=O) groups is 2.